The first-order valence-electron chi connectivity index (χ1n) is 4.07. The SMILES string of the molecule is O=c1[nH]c(-c2ccccc2)ncc1F. The zero-order valence-electron chi connectivity index (χ0n) is 7.20. The Bertz CT molecular complexity index is 493. The van der Waals surface area contributed by atoms with Crippen molar-refractivity contribution < 1.29 is 4.39 Å². The van der Waals surface area contributed by atoms with Crippen molar-refractivity contribution in [3.63, 3.8) is 0 Å². The molecule has 0 amide bonds. The minimum atomic E-state index is -0.871. The highest BCUT2D eigenvalue weighted by Crippen LogP contribution is 2.11. The van der Waals surface area contributed by atoms with Crippen molar-refractivity contribution in [2.45, 2.75) is 0 Å². The van der Waals surface area contributed by atoms with Gasteiger partial charge in [-0.15, -0.1) is 0 Å². The van der Waals surface area contributed by atoms with Crippen LogP contribution in [0, 0.1) is 5.82 Å². The van der Waals surface area contributed by atoms with Gasteiger partial charge in [0.1, 0.15) is 5.82 Å². The van der Waals surface area contributed by atoms with Gasteiger partial charge in [0.2, 0.25) is 5.82 Å². The first-order chi connectivity index (χ1) is 6.77. The molecule has 0 fully saturated rings. The molecule has 0 bridgehead atoms. The maximum Gasteiger partial charge on any atom is 0.287 e. The lowest BCUT2D eigenvalue weighted by molar-refractivity contribution is 0.601. The van der Waals surface area contributed by atoms with Crippen LogP contribution in [0.15, 0.2) is 41.3 Å². The van der Waals surface area contributed by atoms with E-state index in [9.17, 15) is 9.18 Å². The number of aromatic amines is 1. The van der Waals surface area contributed by atoms with E-state index in [0.717, 1.165) is 11.8 Å². The minimum absolute atomic E-state index is 0.372. The van der Waals surface area contributed by atoms with E-state index in [4.69, 9.17) is 0 Å². The average molecular weight is 190 g/mol. The summed E-state index contributed by atoms with van der Waals surface area (Å²) < 4.78 is 12.6. The van der Waals surface area contributed by atoms with Crippen molar-refractivity contribution in [3.05, 3.63) is 52.7 Å². The monoisotopic (exact) mass is 190 g/mol. The van der Waals surface area contributed by atoms with E-state index in [2.05, 4.69) is 9.97 Å². The van der Waals surface area contributed by atoms with Gasteiger partial charge in [0.05, 0.1) is 6.20 Å². The van der Waals surface area contributed by atoms with Gasteiger partial charge in [0.15, 0.2) is 0 Å². The van der Waals surface area contributed by atoms with E-state index in [0.29, 0.717) is 5.82 Å². The molecule has 0 unspecified atom stereocenters. The second-order valence-corrected chi connectivity index (χ2v) is 2.77. The van der Waals surface area contributed by atoms with E-state index < -0.39 is 11.4 Å². The molecule has 1 N–H and O–H groups in total. The molecule has 0 radical (unpaired) electrons. The van der Waals surface area contributed by atoms with Gasteiger partial charge in [-0.3, -0.25) is 4.79 Å². The zero-order valence-corrected chi connectivity index (χ0v) is 7.20. The quantitative estimate of drug-likeness (QED) is 0.741. The summed E-state index contributed by atoms with van der Waals surface area (Å²) in [5.74, 6) is -0.498. The Morgan fingerprint density at radius 1 is 1.21 bits per heavy atom. The summed E-state index contributed by atoms with van der Waals surface area (Å²) in [5, 5.41) is 0. The third-order valence-electron chi connectivity index (χ3n) is 1.80. The number of hydrogen-bond acceptors (Lipinski definition) is 2. The molecule has 0 saturated carbocycles. The van der Waals surface area contributed by atoms with Gasteiger partial charge in [-0.2, -0.15) is 4.39 Å². The summed E-state index contributed by atoms with van der Waals surface area (Å²) in [6, 6.07) is 9.06. The van der Waals surface area contributed by atoms with Crippen LogP contribution in [0.1, 0.15) is 0 Å². The lowest BCUT2D eigenvalue weighted by Gasteiger charge is -1.98. The number of hydrogen-bond donors (Lipinski definition) is 1. The summed E-state index contributed by atoms with van der Waals surface area (Å²) in [7, 11) is 0. The number of H-pyrrole nitrogens is 1. The van der Waals surface area contributed by atoms with Crippen LogP contribution in [0.2, 0.25) is 0 Å². The summed E-state index contributed by atoms with van der Waals surface area (Å²) >= 11 is 0. The van der Waals surface area contributed by atoms with Gasteiger partial charge < -0.3 is 4.98 Å². The summed E-state index contributed by atoms with van der Waals surface area (Å²) in [6.45, 7) is 0. The van der Waals surface area contributed by atoms with Crippen LogP contribution < -0.4 is 5.56 Å². The van der Waals surface area contributed by atoms with Gasteiger partial charge in [-0.1, -0.05) is 30.3 Å². The maximum atomic E-state index is 12.6. The topological polar surface area (TPSA) is 45.8 Å². The standard InChI is InChI=1S/C10H7FN2O/c11-8-6-12-9(13-10(8)14)7-4-2-1-3-5-7/h1-6H,(H,12,13,14). The second-order valence-electron chi connectivity index (χ2n) is 2.77. The molecule has 1 aromatic heterocycles. The van der Waals surface area contributed by atoms with Gasteiger partial charge in [0, 0.05) is 5.56 Å². The second kappa shape index (κ2) is 3.41. The molecule has 0 saturated heterocycles. The van der Waals surface area contributed by atoms with Crippen LogP contribution in [0.25, 0.3) is 11.4 Å². The highest BCUT2D eigenvalue weighted by molar-refractivity contribution is 5.53. The fourth-order valence-electron chi connectivity index (χ4n) is 1.12. The molecule has 0 aliphatic rings. The van der Waals surface area contributed by atoms with Crippen molar-refractivity contribution in [2.24, 2.45) is 0 Å². The Kier molecular flexibility index (Phi) is 2.10. The number of nitrogens with zero attached hydrogens (tertiary/aromatic N) is 1. The molecule has 1 aromatic carbocycles. The average Bonchev–Trinajstić information content (AvgIpc) is 2.23. The summed E-state index contributed by atoms with van der Waals surface area (Å²) in [5.41, 5.74) is 0.00320. The predicted molar refractivity (Wildman–Crippen MR) is 50.3 cm³/mol. The molecule has 14 heavy (non-hydrogen) atoms. The van der Waals surface area contributed by atoms with Crippen LogP contribution in [0.3, 0.4) is 0 Å². The molecule has 0 aliphatic carbocycles. The fourth-order valence-corrected chi connectivity index (χ4v) is 1.12. The summed E-state index contributed by atoms with van der Waals surface area (Å²) in [4.78, 5) is 17.1. The molecule has 0 spiro atoms. The Morgan fingerprint density at radius 3 is 2.57 bits per heavy atom. The molecule has 4 heteroatoms. The van der Waals surface area contributed by atoms with Crippen molar-refractivity contribution in [3.8, 4) is 11.4 Å². The highest BCUT2D eigenvalue weighted by atomic mass is 19.1. The first kappa shape index (κ1) is 8.62. The molecular weight excluding hydrogens is 183 g/mol. The zero-order chi connectivity index (χ0) is 9.97. The lowest BCUT2D eigenvalue weighted by atomic mass is 10.2. The van der Waals surface area contributed by atoms with Crippen LogP contribution in [0.5, 0.6) is 0 Å². The Labute approximate surface area is 79.3 Å². The molecule has 3 nitrogen and oxygen atoms in total. The van der Waals surface area contributed by atoms with Gasteiger partial charge in [-0.05, 0) is 0 Å². The third-order valence-corrected chi connectivity index (χ3v) is 1.80. The first-order valence-corrected chi connectivity index (χ1v) is 4.07. The fraction of sp³-hybridized carbons (Fsp3) is 0. The van der Waals surface area contributed by atoms with Crippen LogP contribution >= 0.6 is 0 Å². The lowest BCUT2D eigenvalue weighted by Crippen LogP contribution is -2.12. The van der Waals surface area contributed by atoms with E-state index in [1.807, 2.05) is 18.2 Å². The van der Waals surface area contributed by atoms with Crippen LogP contribution in [0.4, 0.5) is 4.39 Å². The van der Waals surface area contributed by atoms with E-state index in [-0.39, 0.29) is 0 Å². The maximum absolute atomic E-state index is 12.6. The largest absolute Gasteiger partial charge is 0.304 e. The molecular formula is C10H7FN2O. The molecule has 2 aromatic rings. The predicted octanol–water partition coefficient (Wildman–Crippen LogP) is 1.58. The van der Waals surface area contributed by atoms with E-state index in [1.54, 1.807) is 12.1 Å². The van der Waals surface area contributed by atoms with E-state index in [1.165, 1.54) is 0 Å². The molecule has 0 atom stereocenters. The Hall–Kier alpha value is -1.97. The Balaban J connectivity index is 2.54. The van der Waals surface area contributed by atoms with Gasteiger partial charge in [0.25, 0.3) is 5.56 Å². The molecule has 2 rings (SSSR count). The van der Waals surface area contributed by atoms with Crippen molar-refractivity contribution in [1.82, 2.24) is 9.97 Å². The number of halogens is 1. The number of benzene rings is 1. The number of aromatic nitrogens is 2. The van der Waals surface area contributed by atoms with Crippen molar-refractivity contribution in [1.29, 1.82) is 0 Å². The number of nitrogens with one attached hydrogen (secondary N) is 1. The van der Waals surface area contributed by atoms with Crippen LogP contribution in [-0.2, 0) is 0 Å². The number of rotatable bonds is 1. The summed E-state index contributed by atoms with van der Waals surface area (Å²) in [6.07, 6.45) is 0.918. The van der Waals surface area contributed by atoms with E-state index >= 15 is 0 Å². The van der Waals surface area contributed by atoms with Crippen molar-refractivity contribution >= 4 is 0 Å². The molecule has 1 heterocycles. The van der Waals surface area contributed by atoms with Crippen LogP contribution in [-0.4, -0.2) is 9.97 Å². The minimum Gasteiger partial charge on any atom is -0.304 e. The Morgan fingerprint density at radius 2 is 1.93 bits per heavy atom. The smallest absolute Gasteiger partial charge is 0.287 e. The molecule has 0 aliphatic heterocycles. The van der Waals surface area contributed by atoms with Gasteiger partial charge in [-0.25, -0.2) is 4.98 Å². The van der Waals surface area contributed by atoms with Crippen molar-refractivity contribution in [2.75, 3.05) is 0 Å². The third kappa shape index (κ3) is 1.54. The normalized spacial score (nSPS) is 10.1. The highest BCUT2D eigenvalue weighted by Gasteiger charge is 2.02. The van der Waals surface area contributed by atoms with Gasteiger partial charge >= 0.3 is 0 Å². The molecule has 70 valence electrons.